The highest BCUT2D eigenvalue weighted by molar-refractivity contribution is 5.92. The van der Waals surface area contributed by atoms with E-state index < -0.39 is 5.97 Å². The third kappa shape index (κ3) is 5.03. The van der Waals surface area contributed by atoms with Crippen molar-refractivity contribution in [3.8, 4) is 11.5 Å². The molecule has 0 heterocycles. The van der Waals surface area contributed by atoms with E-state index >= 15 is 0 Å². The van der Waals surface area contributed by atoms with E-state index in [2.05, 4.69) is 5.32 Å². The molecule has 2 aromatic rings. The summed E-state index contributed by atoms with van der Waals surface area (Å²) < 4.78 is 10.6. The van der Waals surface area contributed by atoms with Gasteiger partial charge in [-0.3, -0.25) is 4.79 Å². The van der Waals surface area contributed by atoms with Crippen molar-refractivity contribution in [3.63, 3.8) is 0 Å². The quantitative estimate of drug-likeness (QED) is 0.820. The highest BCUT2D eigenvalue weighted by Crippen LogP contribution is 2.16. The van der Waals surface area contributed by atoms with Crippen LogP contribution in [0.4, 0.5) is 5.69 Å². The molecule has 0 saturated carbocycles. The Morgan fingerprint density at radius 1 is 1.04 bits per heavy atom. The largest absolute Gasteiger partial charge is 0.494 e. The topological polar surface area (TPSA) is 84.9 Å². The number of anilines is 1. The summed E-state index contributed by atoms with van der Waals surface area (Å²) in [5.74, 6) is -0.330. The summed E-state index contributed by atoms with van der Waals surface area (Å²) in [6.45, 7) is 2.26. The van der Waals surface area contributed by atoms with E-state index in [1.165, 1.54) is 12.1 Å². The van der Waals surface area contributed by atoms with Crippen LogP contribution in [0.5, 0.6) is 11.5 Å². The lowest BCUT2D eigenvalue weighted by Gasteiger charge is -2.09. The molecule has 0 aromatic heterocycles. The number of benzene rings is 2. The van der Waals surface area contributed by atoms with Gasteiger partial charge in [0.25, 0.3) is 5.91 Å². The standard InChI is InChI=1S/C17H17NO5/c1-2-22-14-8-6-13(7-9-14)18-16(19)11-23-15-5-3-4-12(10-15)17(20)21/h3-10H,2,11H2,1H3,(H,18,19)(H,20,21). The molecule has 0 unspecified atom stereocenters. The number of hydrogen-bond acceptors (Lipinski definition) is 4. The summed E-state index contributed by atoms with van der Waals surface area (Å²) in [5.41, 5.74) is 0.732. The Labute approximate surface area is 133 Å². The van der Waals surface area contributed by atoms with Crippen LogP contribution in [-0.4, -0.2) is 30.2 Å². The van der Waals surface area contributed by atoms with E-state index in [4.69, 9.17) is 14.6 Å². The molecular weight excluding hydrogens is 298 g/mol. The van der Waals surface area contributed by atoms with E-state index in [0.717, 1.165) is 5.75 Å². The Hall–Kier alpha value is -3.02. The fraction of sp³-hybridized carbons (Fsp3) is 0.176. The third-order valence-corrected chi connectivity index (χ3v) is 2.90. The predicted octanol–water partition coefficient (Wildman–Crippen LogP) is 2.80. The Morgan fingerprint density at radius 2 is 1.78 bits per heavy atom. The van der Waals surface area contributed by atoms with E-state index in [0.29, 0.717) is 18.0 Å². The van der Waals surface area contributed by atoms with Gasteiger partial charge in [0, 0.05) is 5.69 Å². The number of amides is 1. The summed E-state index contributed by atoms with van der Waals surface area (Å²) in [6, 6.07) is 13.0. The Bertz CT molecular complexity index is 682. The maximum Gasteiger partial charge on any atom is 0.335 e. The van der Waals surface area contributed by atoms with Crippen LogP contribution in [0.25, 0.3) is 0 Å². The summed E-state index contributed by atoms with van der Waals surface area (Å²) in [5, 5.41) is 11.6. The van der Waals surface area contributed by atoms with Gasteiger partial charge in [-0.25, -0.2) is 4.79 Å². The molecule has 0 spiro atoms. The molecule has 6 nitrogen and oxygen atoms in total. The van der Waals surface area contributed by atoms with Crippen molar-refractivity contribution in [2.24, 2.45) is 0 Å². The average molecular weight is 315 g/mol. The maximum atomic E-state index is 11.8. The summed E-state index contributed by atoms with van der Waals surface area (Å²) >= 11 is 0. The zero-order chi connectivity index (χ0) is 16.7. The first kappa shape index (κ1) is 16.4. The first-order valence-electron chi connectivity index (χ1n) is 7.07. The van der Waals surface area contributed by atoms with Crippen LogP contribution < -0.4 is 14.8 Å². The van der Waals surface area contributed by atoms with Gasteiger partial charge in [0.15, 0.2) is 6.61 Å². The summed E-state index contributed by atoms with van der Waals surface area (Å²) in [7, 11) is 0. The molecular formula is C17H17NO5. The summed E-state index contributed by atoms with van der Waals surface area (Å²) in [6.07, 6.45) is 0. The zero-order valence-corrected chi connectivity index (χ0v) is 12.6. The van der Waals surface area contributed by atoms with Crippen molar-refractivity contribution in [3.05, 3.63) is 54.1 Å². The van der Waals surface area contributed by atoms with E-state index in [9.17, 15) is 9.59 Å². The van der Waals surface area contributed by atoms with E-state index in [-0.39, 0.29) is 18.1 Å². The fourth-order valence-corrected chi connectivity index (χ4v) is 1.87. The highest BCUT2D eigenvalue weighted by atomic mass is 16.5. The van der Waals surface area contributed by atoms with Crippen LogP contribution in [-0.2, 0) is 4.79 Å². The normalized spacial score (nSPS) is 9.96. The second-order valence-corrected chi connectivity index (χ2v) is 4.63. The average Bonchev–Trinajstić information content (AvgIpc) is 2.55. The molecule has 0 aliphatic rings. The molecule has 1 amide bonds. The molecule has 0 aliphatic heterocycles. The van der Waals surface area contributed by atoms with Gasteiger partial charge in [-0.1, -0.05) is 6.07 Å². The van der Waals surface area contributed by atoms with Crippen molar-refractivity contribution >= 4 is 17.6 Å². The van der Waals surface area contributed by atoms with Crippen LogP contribution in [0.15, 0.2) is 48.5 Å². The second kappa shape index (κ2) is 7.84. The minimum absolute atomic E-state index is 0.106. The Balaban J connectivity index is 1.87. The number of carboxylic acid groups (broad SMARTS) is 1. The van der Waals surface area contributed by atoms with Gasteiger partial charge in [-0.15, -0.1) is 0 Å². The molecule has 2 aromatic carbocycles. The van der Waals surface area contributed by atoms with Crippen molar-refractivity contribution < 1.29 is 24.2 Å². The number of carboxylic acids is 1. The summed E-state index contributed by atoms with van der Waals surface area (Å²) in [4.78, 5) is 22.7. The van der Waals surface area contributed by atoms with Crippen molar-refractivity contribution in [1.29, 1.82) is 0 Å². The minimum Gasteiger partial charge on any atom is -0.494 e. The van der Waals surface area contributed by atoms with Gasteiger partial charge in [-0.2, -0.15) is 0 Å². The van der Waals surface area contributed by atoms with E-state index in [1.54, 1.807) is 36.4 Å². The molecule has 2 rings (SSSR count). The lowest BCUT2D eigenvalue weighted by atomic mass is 10.2. The monoisotopic (exact) mass is 315 g/mol. The van der Waals surface area contributed by atoms with Gasteiger partial charge in [0.2, 0.25) is 0 Å². The van der Waals surface area contributed by atoms with Crippen LogP contribution in [0, 0.1) is 0 Å². The van der Waals surface area contributed by atoms with Crippen LogP contribution in [0.2, 0.25) is 0 Å². The SMILES string of the molecule is CCOc1ccc(NC(=O)COc2cccc(C(=O)O)c2)cc1. The van der Waals surface area contributed by atoms with Gasteiger partial charge in [0.05, 0.1) is 12.2 Å². The number of ether oxygens (including phenoxy) is 2. The molecule has 0 atom stereocenters. The zero-order valence-electron chi connectivity index (χ0n) is 12.6. The molecule has 2 N–H and O–H groups in total. The molecule has 0 bridgehead atoms. The van der Waals surface area contributed by atoms with Crippen molar-refractivity contribution in [2.75, 3.05) is 18.5 Å². The number of carbonyl (C=O) groups excluding carboxylic acids is 1. The molecule has 6 heteroatoms. The number of carbonyl (C=O) groups is 2. The third-order valence-electron chi connectivity index (χ3n) is 2.90. The Morgan fingerprint density at radius 3 is 2.43 bits per heavy atom. The lowest BCUT2D eigenvalue weighted by molar-refractivity contribution is -0.118. The smallest absolute Gasteiger partial charge is 0.335 e. The van der Waals surface area contributed by atoms with Crippen molar-refractivity contribution in [2.45, 2.75) is 6.92 Å². The van der Waals surface area contributed by atoms with Crippen LogP contribution in [0.3, 0.4) is 0 Å². The predicted molar refractivity (Wildman–Crippen MR) is 85.1 cm³/mol. The van der Waals surface area contributed by atoms with Gasteiger partial charge in [-0.05, 0) is 49.4 Å². The van der Waals surface area contributed by atoms with Crippen molar-refractivity contribution in [1.82, 2.24) is 0 Å². The second-order valence-electron chi connectivity index (χ2n) is 4.63. The molecule has 0 radical (unpaired) electrons. The number of hydrogen-bond donors (Lipinski definition) is 2. The first-order chi connectivity index (χ1) is 11.1. The van der Waals surface area contributed by atoms with E-state index in [1.807, 2.05) is 6.92 Å². The molecule has 23 heavy (non-hydrogen) atoms. The van der Waals surface area contributed by atoms with Crippen LogP contribution >= 0.6 is 0 Å². The number of rotatable bonds is 7. The molecule has 120 valence electrons. The van der Waals surface area contributed by atoms with Crippen LogP contribution in [0.1, 0.15) is 17.3 Å². The van der Waals surface area contributed by atoms with Gasteiger partial charge < -0.3 is 19.9 Å². The minimum atomic E-state index is -1.05. The highest BCUT2D eigenvalue weighted by Gasteiger charge is 2.07. The maximum absolute atomic E-state index is 11.8. The molecule has 0 saturated heterocycles. The lowest BCUT2D eigenvalue weighted by Crippen LogP contribution is -2.20. The fourth-order valence-electron chi connectivity index (χ4n) is 1.87. The van der Waals surface area contributed by atoms with Gasteiger partial charge in [0.1, 0.15) is 11.5 Å². The Kier molecular flexibility index (Phi) is 5.57. The number of nitrogens with one attached hydrogen (secondary N) is 1. The van der Waals surface area contributed by atoms with Gasteiger partial charge >= 0.3 is 5.97 Å². The molecule has 0 aliphatic carbocycles. The number of aromatic carboxylic acids is 1. The first-order valence-corrected chi connectivity index (χ1v) is 7.07. The molecule has 0 fully saturated rings.